The zero-order chi connectivity index (χ0) is 19.5. The number of hydrogen-bond donors (Lipinski definition) is 0. The molecular weight excluding hydrogens is 360 g/mol. The van der Waals surface area contributed by atoms with E-state index in [4.69, 9.17) is 9.47 Å². The molecule has 0 spiro atoms. The maximum Gasteiger partial charge on any atom is 0.334 e. The molecule has 0 saturated carbocycles. The van der Waals surface area contributed by atoms with E-state index in [1.165, 1.54) is 26.0 Å². The van der Waals surface area contributed by atoms with Gasteiger partial charge in [-0.25, -0.2) is 9.59 Å². The third-order valence-electron chi connectivity index (χ3n) is 3.69. The van der Waals surface area contributed by atoms with E-state index >= 15 is 0 Å². The van der Waals surface area contributed by atoms with Crippen LogP contribution in [-0.4, -0.2) is 37.7 Å². The lowest BCUT2D eigenvalue weighted by Gasteiger charge is -2.08. The summed E-state index contributed by atoms with van der Waals surface area (Å²) in [6.45, 7) is 0. The van der Waals surface area contributed by atoms with E-state index in [9.17, 15) is 9.59 Å². The molecule has 0 amide bonds. The van der Waals surface area contributed by atoms with Crippen molar-refractivity contribution in [2.45, 2.75) is 0 Å². The van der Waals surface area contributed by atoms with Crippen LogP contribution in [0.4, 0.5) is 0 Å². The van der Waals surface area contributed by atoms with Crippen molar-refractivity contribution in [1.82, 2.24) is 0 Å². The molecule has 0 radical (unpaired) electrons. The topological polar surface area (TPSA) is 52.6 Å². The largest absolute Gasteiger partial charge is 0.466 e. The summed E-state index contributed by atoms with van der Waals surface area (Å²) in [4.78, 5) is 24.1. The fourth-order valence-electron chi connectivity index (χ4n) is 2.35. The standard InChI is InChI=1S/C22H22O4S/c1-25-21(23)19(13-17-9-5-3-6-10-17)15-27-16-20(22(24)26-2)14-18-11-7-4-8-12-18/h3-14H,15-16H2,1-2H3/b19-13+,20-14+. The number of methoxy groups -OCH3 is 2. The first kappa shape index (κ1) is 20.5. The van der Waals surface area contributed by atoms with Gasteiger partial charge in [0.2, 0.25) is 0 Å². The van der Waals surface area contributed by atoms with Crippen molar-refractivity contribution in [3.8, 4) is 0 Å². The van der Waals surface area contributed by atoms with Crippen LogP contribution in [0.1, 0.15) is 11.1 Å². The molecule has 27 heavy (non-hydrogen) atoms. The molecule has 5 heteroatoms. The van der Waals surface area contributed by atoms with Gasteiger partial charge in [0.1, 0.15) is 0 Å². The molecule has 0 aliphatic heterocycles. The average molecular weight is 382 g/mol. The number of rotatable bonds is 8. The predicted molar refractivity (Wildman–Crippen MR) is 110 cm³/mol. The van der Waals surface area contributed by atoms with Crippen molar-refractivity contribution in [3.05, 3.63) is 82.9 Å². The van der Waals surface area contributed by atoms with Gasteiger partial charge in [-0.2, -0.15) is 11.8 Å². The highest BCUT2D eigenvalue weighted by Crippen LogP contribution is 2.19. The highest BCUT2D eigenvalue weighted by atomic mass is 32.2. The smallest absolute Gasteiger partial charge is 0.334 e. The number of hydrogen-bond acceptors (Lipinski definition) is 5. The quantitative estimate of drug-likeness (QED) is 0.505. The van der Waals surface area contributed by atoms with E-state index in [2.05, 4.69) is 0 Å². The normalized spacial score (nSPS) is 11.8. The average Bonchev–Trinajstić information content (AvgIpc) is 2.72. The molecular formula is C22H22O4S. The molecule has 0 aliphatic carbocycles. The molecule has 0 heterocycles. The fourth-order valence-corrected chi connectivity index (χ4v) is 3.30. The molecule has 0 fully saturated rings. The second kappa shape index (κ2) is 11.0. The molecule has 140 valence electrons. The van der Waals surface area contributed by atoms with Crippen LogP contribution in [0, 0.1) is 0 Å². The lowest BCUT2D eigenvalue weighted by atomic mass is 10.1. The van der Waals surface area contributed by atoms with Crippen LogP contribution in [0.2, 0.25) is 0 Å². The van der Waals surface area contributed by atoms with Gasteiger partial charge in [-0.1, -0.05) is 60.7 Å². The minimum atomic E-state index is -0.377. The minimum Gasteiger partial charge on any atom is -0.466 e. The Morgan fingerprint density at radius 1 is 0.741 bits per heavy atom. The van der Waals surface area contributed by atoms with Crippen LogP contribution in [-0.2, 0) is 19.1 Å². The number of carbonyl (C=O) groups excluding carboxylic acids is 2. The van der Waals surface area contributed by atoms with Crippen LogP contribution in [0.3, 0.4) is 0 Å². The summed E-state index contributed by atoms with van der Waals surface area (Å²) in [7, 11) is 2.72. The molecule has 2 rings (SSSR count). The number of thioether (sulfide) groups is 1. The molecule has 4 nitrogen and oxygen atoms in total. The second-order valence-corrected chi connectivity index (χ2v) is 6.62. The Bertz CT molecular complexity index is 741. The van der Waals surface area contributed by atoms with E-state index in [1.54, 1.807) is 12.2 Å². The zero-order valence-electron chi connectivity index (χ0n) is 15.4. The molecule has 0 N–H and O–H groups in total. The SMILES string of the molecule is COC(=O)/C(=C/c1ccccc1)CSC/C(=C\c1ccccc1)C(=O)OC. The van der Waals surface area contributed by atoms with Crippen LogP contribution in [0.15, 0.2) is 71.8 Å². The second-order valence-electron chi connectivity index (χ2n) is 5.64. The first-order valence-corrected chi connectivity index (χ1v) is 9.55. The van der Waals surface area contributed by atoms with Crippen molar-refractivity contribution in [3.63, 3.8) is 0 Å². The van der Waals surface area contributed by atoms with Gasteiger partial charge >= 0.3 is 11.9 Å². The van der Waals surface area contributed by atoms with E-state index in [1.807, 2.05) is 60.7 Å². The van der Waals surface area contributed by atoms with Crippen LogP contribution in [0.5, 0.6) is 0 Å². The molecule has 2 aromatic rings. The van der Waals surface area contributed by atoms with Gasteiger partial charge in [-0.15, -0.1) is 0 Å². The van der Waals surface area contributed by atoms with Crippen molar-refractivity contribution in [1.29, 1.82) is 0 Å². The summed E-state index contributed by atoms with van der Waals surface area (Å²) >= 11 is 1.46. The Morgan fingerprint density at radius 2 is 1.11 bits per heavy atom. The highest BCUT2D eigenvalue weighted by Gasteiger charge is 2.14. The van der Waals surface area contributed by atoms with Crippen molar-refractivity contribution in [2.24, 2.45) is 0 Å². The maximum absolute atomic E-state index is 12.1. The summed E-state index contributed by atoms with van der Waals surface area (Å²) in [5.41, 5.74) is 2.92. The van der Waals surface area contributed by atoms with Crippen molar-refractivity contribution in [2.75, 3.05) is 25.7 Å². The molecule has 0 aromatic heterocycles. The number of carbonyl (C=O) groups is 2. The van der Waals surface area contributed by atoms with Gasteiger partial charge in [0.05, 0.1) is 14.2 Å². The molecule has 0 aliphatic rings. The summed E-state index contributed by atoms with van der Waals surface area (Å²) < 4.78 is 9.76. The Labute approximate surface area is 163 Å². The Balaban J connectivity index is 2.11. The Kier molecular flexibility index (Phi) is 8.39. The summed E-state index contributed by atoms with van der Waals surface area (Å²) in [6.07, 6.45) is 3.61. The number of ether oxygens (including phenoxy) is 2. The van der Waals surface area contributed by atoms with Crippen molar-refractivity contribution < 1.29 is 19.1 Å². The lowest BCUT2D eigenvalue weighted by Crippen LogP contribution is -2.10. The van der Waals surface area contributed by atoms with E-state index in [-0.39, 0.29) is 11.9 Å². The summed E-state index contributed by atoms with van der Waals surface area (Å²) in [5, 5.41) is 0. The first-order chi connectivity index (χ1) is 13.1. The molecule has 0 saturated heterocycles. The predicted octanol–water partition coefficient (Wildman–Crippen LogP) is 4.23. The van der Waals surface area contributed by atoms with E-state index < -0.39 is 0 Å². The lowest BCUT2D eigenvalue weighted by molar-refractivity contribution is -0.136. The Morgan fingerprint density at radius 3 is 1.44 bits per heavy atom. The van der Waals surface area contributed by atoms with Gasteiger partial charge in [-0.05, 0) is 23.3 Å². The third kappa shape index (κ3) is 6.79. The van der Waals surface area contributed by atoms with Gasteiger partial charge in [-0.3, -0.25) is 0 Å². The van der Waals surface area contributed by atoms with Gasteiger partial charge in [0.15, 0.2) is 0 Å². The molecule has 0 bridgehead atoms. The number of esters is 2. The third-order valence-corrected chi connectivity index (χ3v) is 4.72. The Hall–Kier alpha value is -2.79. The van der Waals surface area contributed by atoms with Gasteiger partial charge < -0.3 is 9.47 Å². The maximum atomic E-state index is 12.1. The minimum absolute atomic E-state index is 0.377. The molecule has 2 aromatic carbocycles. The monoisotopic (exact) mass is 382 g/mol. The van der Waals surface area contributed by atoms with E-state index in [0.717, 1.165) is 11.1 Å². The first-order valence-electron chi connectivity index (χ1n) is 8.39. The molecule has 0 atom stereocenters. The van der Waals surface area contributed by atoms with E-state index in [0.29, 0.717) is 22.7 Å². The van der Waals surface area contributed by atoms with Gasteiger partial charge in [0.25, 0.3) is 0 Å². The highest BCUT2D eigenvalue weighted by molar-refractivity contribution is 7.99. The van der Waals surface area contributed by atoms with Crippen LogP contribution in [0.25, 0.3) is 12.2 Å². The van der Waals surface area contributed by atoms with Crippen molar-refractivity contribution >= 4 is 35.9 Å². The zero-order valence-corrected chi connectivity index (χ0v) is 16.2. The summed E-state index contributed by atoms with van der Waals surface area (Å²) in [6, 6.07) is 19.1. The summed E-state index contributed by atoms with van der Waals surface area (Å²) in [5.74, 6) is 0.0890. The van der Waals surface area contributed by atoms with Crippen LogP contribution >= 0.6 is 11.8 Å². The molecule has 0 unspecified atom stereocenters. The number of benzene rings is 2. The van der Waals surface area contributed by atoms with Gasteiger partial charge in [0, 0.05) is 22.7 Å². The fraction of sp³-hybridized carbons (Fsp3) is 0.182. The van der Waals surface area contributed by atoms with Crippen LogP contribution < -0.4 is 0 Å².